The fourth-order valence-corrected chi connectivity index (χ4v) is 4.15. The Morgan fingerprint density at radius 1 is 1.14 bits per heavy atom. The summed E-state index contributed by atoms with van der Waals surface area (Å²) in [5.41, 5.74) is 0.469. The minimum Gasteiger partial charge on any atom is -0.370 e. The smallest absolute Gasteiger partial charge is 0.370 e. The van der Waals surface area contributed by atoms with Gasteiger partial charge in [-0.1, -0.05) is 24.3 Å². The van der Waals surface area contributed by atoms with Crippen molar-refractivity contribution < 1.29 is 22.4 Å². The van der Waals surface area contributed by atoms with Gasteiger partial charge < -0.3 is 15.6 Å². The van der Waals surface area contributed by atoms with E-state index in [1.165, 1.54) is 42.4 Å². The fraction of sp³-hybridized carbons (Fsp3) is 0.296. The molecule has 36 heavy (non-hydrogen) atoms. The number of nitrogens with one attached hydrogen (secondary N) is 2. The number of hydrogen-bond donors (Lipinski definition) is 2. The molecule has 5 nitrogen and oxygen atoms in total. The van der Waals surface area contributed by atoms with Crippen molar-refractivity contribution in [3.8, 4) is 11.1 Å². The van der Waals surface area contributed by atoms with E-state index in [0.717, 1.165) is 18.3 Å². The van der Waals surface area contributed by atoms with Gasteiger partial charge in [0.05, 0.1) is 22.9 Å². The highest BCUT2D eigenvalue weighted by molar-refractivity contribution is 6.07. The van der Waals surface area contributed by atoms with Gasteiger partial charge in [0.2, 0.25) is 5.91 Å². The van der Waals surface area contributed by atoms with E-state index in [1.807, 2.05) is 6.92 Å². The second-order valence-electron chi connectivity index (χ2n) is 8.98. The highest BCUT2D eigenvalue weighted by Gasteiger charge is 2.37. The fourth-order valence-electron chi connectivity index (χ4n) is 4.15. The number of alkyl halides is 3. The molecule has 0 atom stereocenters. The Bertz CT molecular complexity index is 1300. The van der Waals surface area contributed by atoms with Gasteiger partial charge in [-0.2, -0.15) is 13.2 Å². The Morgan fingerprint density at radius 3 is 2.39 bits per heavy atom. The summed E-state index contributed by atoms with van der Waals surface area (Å²) in [6.45, 7) is 7.24. The Morgan fingerprint density at radius 2 is 1.81 bits per heavy atom. The van der Waals surface area contributed by atoms with E-state index < -0.39 is 28.9 Å². The highest BCUT2D eigenvalue weighted by Crippen LogP contribution is 2.40. The van der Waals surface area contributed by atoms with Gasteiger partial charge in [-0.15, -0.1) is 0 Å². The van der Waals surface area contributed by atoms with E-state index in [0.29, 0.717) is 40.3 Å². The molecule has 9 heteroatoms. The molecule has 0 aliphatic heterocycles. The van der Waals surface area contributed by atoms with E-state index in [1.54, 1.807) is 26.8 Å². The third kappa shape index (κ3) is 5.10. The molecule has 0 fully saturated rings. The van der Waals surface area contributed by atoms with E-state index in [4.69, 9.17) is 5.41 Å². The topological polar surface area (TPSA) is 69.1 Å². The molecule has 0 saturated heterocycles. The van der Waals surface area contributed by atoms with Gasteiger partial charge in [-0.25, -0.2) is 9.37 Å². The third-order valence-electron chi connectivity index (χ3n) is 6.16. The highest BCUT2D eigenvalue weighted by atomic mass is 19.4. The van der Waals surface area contributed by atoms with E-state index in [2.05, 4.69) is 10.3 Å². The molecule has 0 aliphatic carbocycles. The molecule has 0 spiro atoms. The summed E-state index contributed by atoms with van der Waals surface area (Å²) in [6, 6.07) is 8.93. The van der Waals surface area contributed by atoms with Crippen LogP contribution < -0.4 is 10.2 Å². The summed E-state index contributed by atoms with van der Waals surface area (Å²) in [4.78, 5) is 19.5. The maximum Gasteiger partial charge on any atom is 0.416 e. The molecule has 3 aromatic rings. The Balaban J connectivity index is 2.19. The number of benzene rings is 2. The maximum atomic E-state index is 13.9. The van der Waals surface area contributed by atoms with Gasteiger partial charge in [0.15, 0.2) is 0 Å². The molecule has 0 saturated carbocycles. The molecule has 1 amide bonds. The number of rotatable bonds is 7. The van der Waals surface area contributed by atoms with Crippen molar-refractivity contribution in [2.24, 2.45) is 0 Å². The van der Waals surface area contributed by atoms with Crippen LogP contribution in [0, 0.1) is 18.2 Å². The van der Waals surface area contributed by atoms with Crippen LogP contribution in [0.2, 0.25) is 0 Å². The summed E-state index contributed by atoms with van der Waals surface area (Å²) >= 11 is 0. The van der Waals surface area contributed by atoms with Crippen molar-refractivity contribution in [1.82, 2.24) is 4.98 Å². The second kappa shape index (κ2) is 10.1. The monoisotopic (exact) mass is 500 g/mol. The summed E-state index contributed by atoms with van der Waals surface area (Å²) in [7, 11) is 1.51. The van der Waals surface area contributed by atoms with Gasteiger partial charge in [-0.3, -0.25) is 4.79 Å². The molecule has 2 N–H and O–H groups in total. The molecule has 0 unspecified atom stereocenters. The van der Waals surface area contributed by atoms with Gasteiger partial charge in [0, 0.05) is 30.9 Å². The first kappa shape index (κ1) is 26.8. The number of nitrogens with zero attached hydrogens (tertiary/aromatic N) is 2. The number of carbonyl (C=O) groups excluding carboxylic acids is 1. The van der Waals surface area contributed by atoms with Crippen LogP contribution in [0.4, 0.5) is 29.1 Å². The van der Waals surface area contributed by atoms with Gasteiger partial charge in [0.1, 0.15) is 11.6 Å². The maximum absolute atomic E-state index is 13.9. The molecule has 3 rings (SSSR count). The van der Waals surface area contributed by atoms with Crippen LogP contribution >= 0.6 is 0 Å². The number of pyridine rings is 1. The minimum atomic E-state index is -4.54. The van der Waals surface area contributed by atoms with Crippen molar-refractivity contribution in [1.29, 1.82) is 5.41 Å². The lowest BCUT2D eigenvalue weighted by Gasteiger charge is -2.32. The molecular formula is C27H28F4N4O. The Hall–Kier alpha value is -3.75. The number of anilines is 2. The van der Waals surface area contributed by atoms with Gasteiger partial charge >= 0.3 is 6.18 Å². The predicted octanol–water partition coefficient (Wildman–Crippen LogP) is 6.58. The van der Waals surface area contributed by atoms with Gasteiger partial charge in [0.25, 0.3) is 0 Å². The number of aromatic nitrogens is 1. The van der Waals surface area contributed by atoms with Gasteiger partial charge in [-0.05, 0) is 62.6 Å². The zero-order valence-corrected chi connectivity index (χ0v) is 20.7. The lowest BCUT2D eigenvalue weighted by Crippen LogP contribution is -2.42. The van der Waals surface area contributed by atoms with Crippen molar-refractivity contribution >= 4 is 23.6 Å². The lowest BCUT2D eigenvalue weighted by atomic mass is 9.82. The molecule has 0 radical (unpaired) electrons. The first-order valence-electron chi connectivity index (χ1n) is 11.3. The molecular weight excluding hydrogens is 472 g/mol. The van der Waals surface area contributed by atoms with Crippen LogP contribution in [-0.2, 0) is 16.4 Å². The van der Waals surface area contributed by atoms with Crippen molar-refractivity contribution in [2.45, 2.75) is 39.3 Å². The van der Waals surface area contributed by atoms with Crippen LogP contribution in [0.25, 0.3) is 11.1 Å². The molecule has 0 aliphatic rings. The van der Waals surface area contributed by atoms with E-state index in [9.17, 15) is 22.4 Å². The van der Waals surface area contributed by atoms with E-state index >= 15 is 0 Å². The summed E-state index contributed by atoms with van der Waals surface area (Å²) < 4.78 is 53.8. The Kier molecular flexibility index (Phi) is 7.52. The zero-order chi connectivity index (χ0) is 26.8. The minimum absolute atomic E-state index is 0.207. The average Bonchev–Trinajstić information content (AvgIpc) is 2.82. The predicted molar refractivity (Wildman–Crippen MR) is 134 cm³/mol. The zero-order valence-electron chi connectivity index (χ0n) is 20.7. The standard InChI is InChI=1S/C27H28F4N4O/c1-6-33-24-21(14-32)23(20-11-10-19(28)12-16(20)2)22(15-34-24)35(5)25(36)26(3,4)17-8-7-9-18(13-17)27(29,30)31/h7-15,32H,6H2,1-5H3,(H,33,34). The first-order chi connectivity index (χ1) is 16.8. The molecule has 0 bridgehead atoms. The lowest BCUT2D eigenvalue weighted by molar-refractivity contribution is -0.137. The van der Waals surface area contributed by atoms with Crippen LogP contribution in [-0.4, -0.2) is 30.7 Å². The summed E-state index contributed by atoms with van der Waals surface area (Å²) in [6.07, 6.45) is -1.95. The first-order valence-corrected chi connectivity index (χ1v) is 11.3. The summed E-state index contributed by atoms with van der Waals surface area (Å²) in [5.74, 6) is -0.477. The number of amides is 1. The number of aryl methyl sites for hydroxylation is 1. The van der Waals surface area contributed by atoms with Crippen LogP contribution in [0.1, 0.15) is 43.0 Å². The van der Waals surface area contributed by atoms with Crippen LogP contribution in [0.5, 0.6) is 0 Å². The third-order valence-corrected chi connectivity index (χ3v) is 6.16. The molecule has 2 aromatic carbocycles. The number of carbonyl (C=O) groups is 1. The second-order valence-corrected chi connectivity index (χ2v) is 8.98. The van der Waals surface area contributed by atoms with Crippen molar-refractivity contribution in [3.63, 3.8) is 0 Å². The summed E-state index contributed by atoms with van der Waals surface area (Å²) in [5, 5.41) is 11.2. The van der Waals surface area contributed by atoms with Crippen LogP contribution in [0.15, 0.2) is 48.7 Å². The normalized spacial score (nSPS) is 11.8. The molecule has 1 aromatic heterocycles. The average molecular weight is 501 g/mol. The SMILES string of the molecule is CCNc1ncc(N(C)C(=O)C(C)(C)c2cccc(C(F)(F)F)c2)c(-c2ccc(F)cc2C)c1C=N. The molecule has 190 valence electrons. The largest absolute Gasteiger partial charge is 0.416 e. The number of halogens is 4. The molecule has 1 heterocycles. The quantitative estimate of drug-likeness (QED) is 0.284. The van der Waals surface area contributed by atoms with E-state index in [-0.39, 0.29) is 5.56 Å². The van der Waals surface area contributed by atoms with Crippen molar-refractivity contribution in [2.75, 3.05) is 23.8 Å². The number of hydrogen-bond acceptors (Lipinski definition) is 4. The van der Waals surface area contributed by atoms with Crippen molar-refractivity contribution in [3.05, 3.63) is 76.7 Å². The number of likely N-dealkylation sites (N-methyl/N-ethyl adjacent to an activating group) is 1. The van der Waals surface area contributed by atoms with Crippen LogP contribution in [0.3, 0.4) is 0 Å². The Labute approximate surface area is 207 Å².